The van der Waals surface area contributed by atoms with E-state index in [1.54, 1.807) is 11.8 Å². The zero-order valence-electron chi connectivity index (χ0n) is 9.81. The number of hydrogen-bond donors (Lipinski definition) is 1. The van der Waals surface area contributed by atoms with Gasteiger partial charge in [-0.2, -0.15) is 0 Å². The van der Waals surface area contributed by atoms with Crippen molar-refractivity contribution in [1.29, 1.82) is 0 Å². The molecule has 1 heterocycles. The maximum atomic E-state index is 11.7. The predicted octanol–water partition coefficient (Wildman–Crippen LogP) is 0.680. The van der Waals surface area contributed by atoms with Gasteiger partial charge in [-0.05, 0) is 6.92 Å². The molecule has 0 aromatic carbocycles. The lowest BCUT2D eigenvalue weighted by molar-refractivity contribution is -0.132. The van der Waals surface area contributed by atoms with Gasteiger partial charge in [-0.1, -0.05) is 6.92 Å². The van der Waals surface area contributed by atoms with E-state index in [0.717, 1.165) is 0 Å². The molecule has 2 atom stereocenters. The molecule has 4 nitrogen and oxygen atoms in total. The molecule has 0 aromatic heterocycles. The summed E-state index contributed by atoms with van der Waals surface area (Å²) in [6.45, 7) is 4.74. The number of piperidine rings is 1. The van der Waals surface area contributed by atoms with Crippen LogP contribution in [0.5, 0.6) is 0 Å². The van der Waals surface area contributed by atoms with Gasteiger partial charge in [-0.3, -0.25) is 9.59 Å². The standard InChI is InChI=1S/C11H19NO3S/c1-8(13)9(2)16-7-11(15)12-5-3-10(14)4-6-12/h8-9,13H,3-7H2,1-2H3. The first-order valence-corrected chi connectivity index (χ1v) is 6.64. The minimum Gasteiger partial charge on any atom is -0.392 e. The third-order valence-corrected chi connectivity index (χ3v) is 4.16. The van der Waals surface area contributed by atoms with Gasteiger partial charge in [-0.25, -0.2) is 0 Å². The van der Waals surface area contributed by atoms with E-state index >= 15 is 0 Å². The highest BCUT2D eigenvalue weighted by atomic mass is 32.2. The number of carbonyl (C=O) groups is 2. The fraction of sp³-hybridized carbons (Fsp3) is 0.818. The second kappa shape index (κ2) is 6.25. The molecule has 0 aromatic rings. The molecule has 1 rings (SSSR count). The second-order valence-corrected chi connectivity index (χ2v) is 5.54. The number of aliphatic hydroxyl groups excluding tert-OH is 1. The van der Waals surface area contributed by atoms with Crippen LogP contribution in [0.3, 0.4) is 0 Å². The van der Waals surface area contributed by atoms with Gasteiger partial charge in [0.15, 0.2) is 0 Å². The summed E-state index contributed by atoms with van der Waals surface area (Å²) in [4.78, 5) is 24.5. The Morgan fingerprint density at radius 2 is 2.00 bits per heavy atom. The molecular weight excluding hydrogens is 226 g/mol. The van der Waals surface area contributed by atoms with E-state index in [2.05, 4.69) is 0 Å². The Morgan fingerprint density at radius 3 is 2.50 bits per heavy atom. The number of thioether (sulfide) groups is 1. The number of carbonyl (C=O) groups excluding carboxylic acids is 2. The first-order valence-electron chi connectivity index (χ1n) is 5.60. The number of rotatable bonds is 4. The Bertz CT molecular complexity index is 258. The Balaban J connectivity index is 2.27. The van der Waals surface area contributed by atoms with E-state index in [1.165, 1.54) is 11.8 Å². The van der Waals surface area contributed by atoms with Crippen LogP contribution in [-0.2, 0) is 9.59 Å². The molecule has 0 aliphatic carbocycles. The molecule has 1 aliphatic heterocycles. The minimum atomic E-state index is -0.402. The van der Waals surface area contributed by atoms with Gasteiger partial charge in [0.1, 0.15) is 5.78 Å². The number of aliphatic hydroxyl groups is 1. The molecule has 2 unspecified atom stereocenters. The lowest BCUT2D eigenvalue weighted by Crippen LogP contribution is -2.40. The van der Waals surface area contributed by atoms with Crippen LogP contribution in [-0.4, -0.2) is 51.9 Å². The largest absolute Gasteiger partial charge is 0.392 e. The molecule has 92 valence electrons. The second-order valence-electron chi connectivity index (χ2n) is 4.18. The third-order valence-electron chi connectivity index (χ3n) is 2.82. The van der Waals surface area contributed by atoms with E-state index in [1.807, 2.05) is 6.92 Å². The van der Waals surface area contributed by atoms with Crippen molar-refractivity contribution >= 4 is 23.5 Å². The summed E-state index contributed by atoms with van der Waals surface area (Å²) < 4.78 is 0. The summed E-state index contributed by atoms with van der Waals surface area (Å²) in [6.07, 6.45) is 0.575. The highest BCUT2D eigenvalue weighted by Gasteiger charge is 2.21. The van der Waals surface area contributed by atoms with Gasteiger partial charge in [0, 0.05) is 31.2 Å². The lowest BCUT2D eigenvalue weighted by Gasteiger charge is -2.26. The fourth-order valence-electron chi connectivity index (χ4n) is 1.44. The number of Topliss-reactive ketones (excluding diaryl/α,β-unsaturated/α-hetero) is 1. The number of amides is 1. The van der Waals surface area contributed by atoms with Gasteiger partial charge in [0.25, 0.3) is 0 Å². The summed E-state index contributed by atoms with van der Waals surface area (Å²) >= 11 is 1.46. The average Bonchev–Trinajstić information content (AvgIpc) is 2.26. The molecule has 0 bridgehead atoms. The van der Waals surface area contributed by atoms with E-state index in [0.29, 0.717) is 31.7 Å². The third kappa shape index (κ3) is 4.14. The predicted molar refractivity (Wildman–Crippen MR) is 64.4 cm³/mol. The van der Waals surface area contributed by atoms with E-state index in [4.69, 9.17) is 0 Å². The molecule has 0 radical (unpaired) electrons. The molecular formula is C11H19NO3S. The first kappa shape index (κ1) is 13.5. The van der Waals surface area contributed by atoms with E-state index < -0.39 is 6.10 Å². The van der Waals surface area contributed by atoms with Crippen molar-refractivity contribution in [3.05, 3.63) is 0 Å². The van der Waals surface area contributed by atoms with Gasteiger partial charge in [0.05, 0.1) is 11.9 Å². The van der Waals surface area contributed by atoms with Gasteiger partial charge < -0.3 is 10.0 Å². The topological polar surface area (TPSA) is 57.6 Å². The molecule has 1 amide bonds. The number of ketones is 1. The Morgan fingerprint density at radius 1 is 1.44 bits per heavy atom. The summed E-state index contributed by atoms with van der Waals surface area (Å²) in [5.74, 6) is 0.708. The van der Waals surface area contributed by atoms with Crippen LogP contribution < -0.4 is 0 Å². The molecule has 0 spiro atoms. The number of hydrogen-bond acceptors (Lipinski definition) is 4. The summed E-state index contributed by atoms with van der Waals surface area (Å²) in [7, 11) is 0. The average molecular weight is 245 g/mol. The summed E-state index contributed by atoms with van der Waals surface area (Å²) in [5, 5.41) is 9.35. The smallest absolute Gasteiger partial charge is 0.232 e. The van der Waals surface area contributed by atoms with Crippen molar-refractivity contribution in [3.8, 4) is 0 Å². The van der Waals surface area contributed by atoms with Crippen LogP contribution >= 0.6 is 11.8 Å². The zero-order valence-corrected chi connectivity index (χ0v) is 10.6. The highest BCUT2D eigenvalue weighted by molar-refractivity contribution is 8.00. The van der Waals surface area contributed by atoms with E-state index in [9.17, 15) is 14.7 Å². The fourth-order valence-corrected chi connectivity index (χ4v) is 2.31. The van der Waals surface area contributed by atoms with Crippen LogP contribution in [0.1, 0.15) is 26.7 Å². The van der Waals surface area contributed by atoms with Gasteiger partial charge >= 0.3 is 0 Å². The quantitative estimate of drug-likeness (QED) is 0.791. The van der Waals surface area contributed by atoms with Crippen molar-refractivity contribution in [2.45, 2.75) is 38.0 Å². The molecule has 5 heteroatoms. The number of likely N-dealkylation sites (tertiary alicyclic amines) is 1. The number of nitrogens with zero attached hydrogens (tertiary/aromatic N) is 1. The monoisotopic (exact) mass is 245 g/mol. The van der Waals surface area contributed by atoms with Gasteiger partial charge in [0.2, 0.25) is 5.91 Å². The van der Waals surface area contributed by atoms with Crippen molar-refractivity contribution in [3.63, 3.8) is 0 Å². The SMILES string of the molecule is CC(O)C(C)SCC(=O)N1CCC(=O)CC1. The maximum Gasteiger partial charge on any atom is 0.232 e. The molecule has 0 saturated carbocycles. The van der Waals surface area contributed by atoms with E-state index in [-0.39, 0.29) is 16.9 Å². The van der Waals surface area contributed by atoms with Crippen LogP contribution in [0, 0.1) is 0 Å². The first-order chi connectivity index (χ1) is 7.50. The van der Waals surface area contributed by atoms with Crippen molar-refractivity contribution in [2.24, 2.45) is 0 Å². The molecule has 1 aliphatic rings. The molecule has 1 saturated heterocycles. The lowest BCUT2D eigenvalue weighted by atomic mass is 10.1. The van der Waals surface area contributed by atoms with Crippen molar-refractivity contribution < 1.29 is 14.7 Å². The zero-order chi connectivity index (χ0) is 12.1. The van der Waals surface area contributed by atoms with Crippen molar-refractivity contribution in [1.82, 2.24) is 4.90 Å². The van der Waals surface area contributed by atoms with Crippen LogP contribution in [0.4, 0.5) is 0 Å². The normalized spacial score (nSPS) is 20.7. The van der Waals surface area contributed by atoms with Crippen molar-refractivity contribution in [2.75, 3.05) is 18.8 Å². The Kier molecular flexibility index (Phi) is 5.28. The Labute approximate surface area is 100 Å². The van der Waals surface area contributed by atoms with Crippen LogP contribution in [0.15, 0.2) is 0 Å². The molecule has 1 N–H and O–H groups in total. The summed E-state index contributed by atoms with van der Waals surface area (Å²) in [6, 6.07) is 0. The minimum absolute atomic E-state index is 0.0652. The maximum absolute atomic E-state index is 11.7. The Hall–Kier alpha value is -0.550. The highest BCUT2D eigenvalue weighted by Crippen LogP contribution is 2.16. The van der Waals surface area contributed by atoms with Crippen LogP contribution in [0.2, 0.25) is 0 Å². The van der Waals surface area contributed by atoms with Crippen LogP contribution in [0.25, 0.3) is 0 Å². The molecule has 16 heavy (non-hydrogen) atoms. The van der Waals surface area contributed by atoms with Gasteiger partial charge in [-0.15, -0.1) is 11.8 Å². The molecule has 1 fully saturated rings. The summed E-state index contributed by atoms with van der Waals surface area (Å²) in [5.41, 5.74) is 0.